The second-order valence-electron chi connectivity index (χ2n) is 7.46. The molecule has 2 aliphatic heterocycles. The zero-order valence-corrected chi connectivity index (χ0v) is 16.1. The molecule has 29 heavy (non-hydrogen) atoms. The van der Waals surface area contributed by atoms with Gasteiger partial charge in [0.05, 0.1) is 17.6 Å². The molecular formula is C19H25FN4O5. The normalized spacial score (nSPS) is 26.1. The summed E-state index contributed by atoms with van der Waals surface area (Å²) in [5, 5.41) is 12.3. The van der Waals surface area contributed by atoms with Crippen molar-refractivity contribution in [1.82, 2.24) is 15.1 Å². The molecule has 3 amide bonds. The third kappa shape index (κ3) is 4.76. The number of carbonyl (C=O) groups excluding carboxylic acids is 2. The number of amides is 3. The Kier molecular flexibility index (Phi) is 6.21. The van der Waals surface area contributed by atoms with Crippen LogP contribution in [0.4, 0.5) is 9.18 Å². The van der Waals surface area contributed by atoms with E-state index in [0.717, 1.165) is 6.07 Å². The Hall–Kier alpha value is -2.88. The molecule has 2 aliphatic rings. The number of ether oxygens (including phenoxy) is 1. The van der Waals surface area contributed by atoms with Crippen LogP contribution in [0.5, 0.6) is 5.75 Å². The van der Waals surface area contributed by atoms with E-state index >= 15 is 0 Å². The monoisotopic (exact) mass is 408 g/mol. The molecule has 0 spiro atoms. The third-order valence-corrected chi connectivity index (χ3v) is 5.30. The molecule has 10 heteroatoms. The summed E-state index contributed by atoms with van der Waals surface area (Å²) in [6, 6.07) is 2.00. The second-order valence-corrected chi connectivity index (χ2v) is 7.46. The van der Waals surface area contributed by atoms with Crippen LogP contribution in [0.25, 0.3) is 0 Å². The summed E-state index contributed by atoms with van der Waals surface area (Å²) >= 11 is 0. The highest BCUT2D eigenvalue weighted by Crippen LogP contribution is 2.25. The minimum Gasteiger partial charge on any atom is -0.491 e. The fourth-order valence-corrected chi connectivity index (χ4v) is 3.69. The number of benzene rings is 1. The molecule has 3 atom stereocenters. The maximum absolute atomic E-state index is 13.8. The average molecular weight is 408 g/mol. The summed E-state index contributed by atoms with van der Waals surface area (Å²) in [6.07, 6.45) is 0.0664. The highest BCUT2D eigenvalue weighted by molar-refractivity contribution is 5.96. The van der Waals surface area contributed by atoms with Crippen molar-refractivity contribution < 1.29 is 28.6 Å². The van der Waals surface area contributed by atoms with E-state index in [1.54, 1.807) is 7.05 Å². The topological polar surface area (TPSA) is 125 Å². The Morgan fingerprint density at radius 2 is 2.14 bits per heavy atom. The van der Waals surface area contributed by atoms with E-state index in [2.05, 4.69) is 5.32 Å². The van der Waals surface area contributed by atoms with Crippen molar-refractivity contribution in [2.75, 3.05) is 26.7 Å². The molecule has 158 valence electrons. The van der Waals surface area contributed by atoms with E-state index in [4.69, 9.17) is 10.5 Å². The molecule has 9 nitrogen and oxygen atoms in total. The number of carboxylic acid groups (broad SMARTS) is 1. The molecule has 1 aromatic rings. The molecule has 2 heterocycles. The van der Waals surface area contributed by atoms with E-state index < -0.39 is 29.9 Å². The van der Waals surface area contributed by atoms with Crippen LogP contribution >= 0.6 is 0 Å². The molecule has 1 aromatic carbocycles. The van der Waals surface area contributed by atoms with Gasteiger partial charge in [-0.3, -0.25) is 14.5 Å². The lowest BCUT2D eigenvalue weighted by Gasteiger charge is -2.23. The first-order valence-corrected chi connectivity index (χ1v) is 9.49. The molecule has 0 aliphatic carbocycles. The van der Waals surface area contributed by atoms with Crippen LogP contribution in [0.15, 0.2) is 18.2 Å². The van der Waals surface area contributed by atoms with Gasteiger partial charge in [-0.1, -0.05) is 0 Å². The summed E-state index contributed by atoms with van der Waals surface area (Å²) < 4.78 is 19.5. The van der Waals surface area contributed by atoms with E-state index in [0.29, 0.717) is 25.8 Å². The Labute approximate surface area is 167 Å². The van der Waals surface area contributed by atoms with Crippen molar-refractivity contribution in [2.45, 2.75) is 37.4 Å². The molecule has 2 bridgehead atoms. The average Bonchev–Trinajstić information content (AvgIpc) is 3.08. The summed E-state index contributed by atoms with van der Waals surface area (Å²) in [4.78, 5) is 39.3. The molecule has 0 saturated carbocycles. The van der Waals surface area contributed by atoms with E-state index in [-0.39, 0.29) is 36.4 Å². The summed E-state index contributed by atoms with van der Waals surface area (Å²) in [7, 11) is 1.58. The summed E-state index contributed by atoms with van der Waals surface area (Å²) in [6.45, 7) is 0.439. The SMILES string of the molecule is CN1CCC[C@H](N)C(=O)N[C@@H]2C[C@@H](COc3ccc(F)cc3C1=O)N(C(=O)O)C2. The van der Waals surface area contributed by atoms with Crippen LogP contribution in [0.2, 0.25) is 0 Å². The number of halogens is 1. The predicted octanol–water partition coefficient (Wildman–Crippen LogP) is 0.635. The predicted molar refractivity (Wildman–Crippen MR) is 101 cm³/mol. The largest absolute Gasteiger partial charge is 0.491 e. The van der Waals surface area contributed by atoms with Gasteiger partial charge in [0.25, 0.3) is 5.91 Å². The lowest BCUT2D eigenvalue weighted by atomic mass is 10.1. The van der Waals surface area contributed by atoms with Crippen molar-refractivity contribution in [3.63, 3.8) is 0 Å². The van der Waals surface area contributed by atoms with Crippen LogP contribution in [0.1, 0.15) is 29.6 Å². The first-order chi connectivity index (χ1) is 13.8. The first kappa shape index (κ1) is 20.8. The highest BCUT2D eigenvalue weighted by Gasteiger charge is 2.37. The minimum absolute atomic E-state index is 0.0274. The quantitative estimate of drug-likeness (QED) is 0.578. The van der Waals surface area contributed by atoms with Gasteiger partial charge in [0.1, 0.15) is 18.2 Å². The van der Waals surface area contributed by atoms with Crippen LogP contribution in [0.3, 0.4) is 0 Å². The molecule has 1 fully saturated rings. The number of rotatable bonds is 0. The Morgan fingerprint density at radius 1 is 1.38 bits per heavy atom. The van der Waals surface area contributed by atoms with Gasteiger partial charge in [-0.2, -0.15) is 0 Å². The van der Waals surface area contributed by atoms with E-state index in [9.17, 15) is 23.9 Å². The van der Waals surface area contributed by atoms with Gasteiger partial charge in [0.2, 0.25) is 5.91 Å². The number of nitrogens with zero attached hydrogens (tertiary/aromatic N) is 2. The molecule has 0 radical (unpaired) electrons. The second kappa shape index (κ2) is 8.64. The number of nitrogens with one attached hydrogen (secondary N) is 1. The van der Waals surface area contributed by atoms with Crippen LogP contribution in [-0.2, 0) is 4.79 Å². The van der Waals surface area contributed by atoms with Crippen molar-refractivity contribution in [1.29, 1.82) is 0 Å². The number of nitrogens with two attached hydrogens (primary N) is 1. The highest BCUT2D eigenvalue weighted by atomic mass is 19.1. The van der Waals surface area contributed by atoms with Gasteiger partial charge in [0.15, 0.2) is 0 Å². The van der Waals surface area contributed by atoms with E-state index in [1.165, 1.54) is 21.9 Å². The molecule has 0 aromatic heterocycles. The standard InChI is InChI=1S/C19H25FN4O5/c1-23-6-2-3-15(21)17(25)22-12-8-13(24(9-12)19(27)28)10-29-16-5-4-11(20)7-14(16)18(23)26/h4-5,7,12-13,15H,2-3,6,8-10,21H2,1H3,(H,22,25)(H,27,28)/t12-,13+,15+/m1/s1. The number of fused-ring (bicyclic) bond motifs is 3. The maximum Gasteiger partial charge on any atom is 0.407 e. The molecule has 1 saturated heterocycles. The molecule has 0 unspecified atom stereocenters. The van der Waals surface area contributed by atoms with E-state index in [1.807, 2.05) is 0 Å². The number of likely N-dealkylation sites (tertiary alicyclic amines) is 1. The van der Waals surface area contributed by atoms with Crippen LogP contribution < -0.4 is 15.8 Å². The van der Waals surface area contributed by atoms with Gasteiger partial charge < -0.3 is 25.8 Å². The Bertz CT molecular complexity index is 805. The molecule has 4 N–H and O–H groups in total. The van der Waals surface area contributed by atoms with Gasteiger partial charge in [0, 0.05) is 26.2 Å². The van der Waals surface area contributed by atoms with Crippen molar-refractivity contribution in [3.05, 3.63) is 29.6 Å². The number of carbonyl (C=O) groups is 3. The fourth-order valence-electron chi connectivity index (χ4n) is 3.69. The minimum atomic E-state index is -1.13. The zero-order valence-electron chi connectivity index (χ0n) is 16.1. The lowest BCUT2D eigenvalue weighted by molar-refractivity contribution is -0.123. The summed E-state index contributed by atoms with van der Waals surface area (Å²) in [5.41, 5.74) is 6.01. The fraction of sp³-hybridized carbons (Fsp3) is 0.526. The maximum atomic E-state index is 13.8. The van der Waals surface area contributed by atoms with Crippen LogP contribution in [0, 0.1) is 5.82 Å². The van der Waals surface area contributed by atoms with Crippen molar-refractivity contribution >= 4 is 17.9 Å². The number of hydrogen-bond acceptors (Lipinski definition) is 5. The zero-order chi connectivity index (χ0) is 21.1. The Balaban J connectivity index is 1.89. The smallest absolute Gasteiger partial charge is 0.407 e. The third-order valence-electron chi connectivity index (χ3n) is 5.30. The molecular weight excluding hydrogens is 383 g/mol. The van der Waals surface area contributed by atoms with Crippen LogP contribution in [-0.4, -0.2) is 77.7 Å². The van der Waals surface area contributed by atoms with Gasteiger partial charge in [-0.05, 0) is 37.5 Å². The molecule has 3 rings (SSSR count). The van der Waals surface area contributed by atoms with Gasteiger partial charge in [-0.25, -0.2) is 9.18 Å². The lowest BCUT2D eigenvalue weighted by Crippen LogP contribution is -2.46. The van der Waals surface area contributed by atoms with Crippen molar-refractivity contribution in [3.8, 4) is 5.75 Å². The van der Waals surface area contributed by atoms with Gasteiger partial charge in [-0.15, -0.1) is 0 Å². The first-order valence-electron chi connectivity index (χ1n) is 9.49. The van der Waals surface area contributed by atoms with Crippen molar-refractivity contribution in [2.24, 2.45) is 5.73 Å². The number of hydrogen-bond donors (Lipinski definition) is 3. The Morgan fingerprint density at radius 3 is 2.86 bits per heavy atom. The van der Waals surface area contributed by atoms with Gasteiger partial charge >= 0.3 is 6.09 Å². The summed E-state index contributed by atoms with van der Waals surface area (Å²) in [5.74, 6) is -1.16.